The topological polar surface area (TPSA) is 74.8 Å². The fourth-order valence-electron chi connectivity index (χ4n) is 2.39. The molecule has 1 N–H and O–H groups in total. The highest BCUT2D eigenvalue weighted by molar-refractivity contribution is 7.07. The first-order valence-electron chi connectivity index (χ1n) is 7.31. The number of amides is 3. The summed E-state index contributed by atoms with van der Waals surface area (Å²) in [6.07, 6.45) is 1.67. The highest BCUT2D eigenvalue weighted by atomic mass is 32.1. The Hall–Kier alpha value is -1.67. The van der Waals surface area contributed by atoms with Gasteiger partial charge in [-0.05, 0) is 12.8 Å². The van der Waals surface area contributed by atoms with E-state index in [9.17, 15) is 9.59 Å². The predicted molar refractivity (Wildman–Crippen MR) is 84.1 cm³/mol. The van der Waals surface area contributed by atoms with Gasteiger partial charge in [0, 0.05) is 51.8 Å². The lowest BCUT2D eigenvalue weighted by Gasteiger charge is -2.36. The summed E-state index contributed by atoms with van der Waals surface area (Å²) in [4.78, 5) is 31.6. The normalized spacial score (nSPS) is 15.4. The maximum absolute atomic E-state index is 12.3. The zero-order valence-electron chi connectivity index (χ0n) is 12.9. The smallest absolute Gasteiger partial charge is 0.319 e. The standard InChI is InChI=1S/C14H22N4O3S/c1-17(2)14(20)18(11-3-7-21-8-4-11)6-5-15-13(19)12-9-22-10-16-12/h9-11H,3-8H2,1-2H3,(H,15,19). The zero-order chi connectivity index (χ0) is 15.9. The minimum absolute atomic E-state index is 0.0326. The minimum atomic E-state index is -0.203. The first kappa shape index (κ1) is 16.7. The molecule has 8 heteroatoms. The molecule has 122 valence electrons. The predicted octanol–water partition coefficient (Wildman–Crippen LogP) is 1.04. The number of nitrogens with zero attached hydrogens (tertiary/aromatic N) is 3. The Labute approximate surface area is 134 Å². The Morgan fingerprint density at radius 1 is 1.41 bits per heavy atom. The summed E-state index contributed by atoms with van der Waals surface area (Å²) < 4.78 is 5.35. The molecule has 1 saturated heterocycles. The third-order valence-electron chi connectivity index (χ3n) is 3.56. The summed E-state index contributed by atoms with van der Waals surface area (Å²) in [5.74, 6) is -0.203. The number of carbonyl (C=O) groups excluding carboxylic acids is 2. The second-order valence-corrected chi connectivity index (χ2v) is 6.06. The van der Waals surface area contributed by atoms with Crippen LogP contribution in [0.15, 0.2) is 10.9 Å². The van der Waals surface area contributed by atoms with Gasteiger partial charge in [0.1, 0.15) is 5.69 Å². The van der Waals surface area contributed by atoms with Crippen molar-refractivity contribution < 1.29 is 14.3 Å². The van der Waals surface area contributed by atoms with Gasteiger partial charge in [0.2, 0.25) is 0 Å². The second kappa shape index (κ2) is 8.09. The number of urea groups is 1. The summed E-state index contributed by atoms with van der Waals surface area (Å²) in [6, 6.07) is 0.134. The van der Waals surface area contributed by atoms with E-state index in [1.54, 1.807) is 29.9 Å². The molecule has 2 heterocycles. The molecule has 0 atom stereocenters. The van der Waals surface area contributed by atoms with Gasteiger partial charge in [-0.15, -0.1) is 11.3 Å². The second-order valence-electron chi connectivity index (χ2n) is 5.34. The molecule has 1 fully saturated rings. The van der Waals surface area contributed by atoms with Crippen molar-refractivity contribution in [3.05, 3.63) is 16.6 Å². The third kappa shape index (κ3) is 4.41. The monoisotopic (exact) mass is 326 g/mol. The summed E-state index contributed by atoms with van der Waals surface area (Å²) in [5, 5.41) is 4.51. The van der Waals surface area contributed by atoms with Crippen LogP contribution in [-0.4, -0.2) is 73.2 Å². The summed E-state index contributed by atoms with van der Waals surface area (Å²) in [6.45, 7) is 2.24. The lowest BCUT2D eigenvalue weighted by Crippen LogP contribution is -2.50. The molecule has 1 aliphatic rings. The van der Waals surface area contributed by atoms with Crippen molar-refractivity contribution in [2.45, 2.75) is 18.9 Å². The first-order chi connectivity index (χ1) is 10.6. The molecular weight excluding hydrogens is 304 g/mol. The van der Waals surface area contributed by atoms with Gasteiger partial charge in [-0.2, -0.15) is 0 Å². The number of thiazole rings is 1. The quantitative estimate of drug-likeness (QED) is 0.877. The number of nitrogens with one attached hydrogen (secondary N) is 1. The van der Waals surface area contributed by atoms with Crippen LogP contribution in [-0.2, 0) is 4.74 Å². The molecule has 1 aliphatic heterocycles. The van der Waals surface area contributed by atoms with Gasteiger partial charge < -0.3 is 19.9 Å². The molecule has 3 amide bonds. The molecule has 0 radical (unpaired) electrons. The van der Waals surface area contributed by atoms with Gasteiger partial charge in [-0.25, -0.2) is 9.78 Å². The molecule has 0 aliphatic carbocycles. The van der Waals surface area contributed by atoms with Gasteiger partial charge in [0.25, 0.3) is 5.91 Å². The van der Waals surface area contributed by atoms with Crippen molar-refractivity contribution in [1.82, 2.24) is 20.1 Å². The van der Waals surface area contributed by atoms with Crippen molar-refractivity contribution in [1.29, 1.82) is 0 Å². The molecule has 1 aromatic heterocycles. The van der Waals surface area contributed by atoms with E-state index in [2.05, 4.69) is 10.3 Å². The molecule has 2 rings (SSSR count). The van der Waals surface area contributed by atoms with Crippen LogP contribution in [0.5, 0.6) is 0 Å². The van der Waals surface area contributed by atoms with Gasteiger partial charge in [0.15, 0.2) is 0 Å². The Morgan fingerprint density at radius 2 is 2.14 bits per heavy atom. The zero-order valence-corrected chi connectivity index (χ0v) is 13.8. The van der Waals surface area contributed by atoms with Crippen molar-refractivity contribution in [2.75, 3.05) is 40.4 Å². The van der Waals surface area contributed by atoms with Gasteiger partial charge in [0.05, 0.1) is 5.51 Å². The van der Waals surface area contributed by atoms with E-state index in [4.69, 9.17) is 4.74 Å². The summed E-state index contributed by atoms with van der Waals surface area (Å²) in [7, 11) is 3.48. The van der Waals surface area contributed by atoms with Crippen LogP contribution in [0.2, 0.25) is 0 Å². The lowest BCUT2D eigenvalue weighted by atomic mass is 10.1. The largest absolute Gasteiger partial charge is 0.381 e. The molecule has 7 nitrogen and oxygen atoms in total. The molecular formula is C14H22N4O3S. The Balaban J connectivity index is 1.88. The molecule has 0 aromatic carbocycles. The van der Waals surface area contributed by atoms with Gasteiger partial charge in [-0.1, -0.05) is 0 Å². The van der Waals surface area contributed by atoms with E-state index in [-0.39, 0.29) is 18.0 Å². The van der Waals surface area contributed by atoms with Crippen LogP contribution < -0.4 is 5.32 Å². The average Bonchev–Trinajstić information content (AvgIpc) is 3.06. The van der Waals surface area contributed by atoms with E-state index in [0.29, 0.717) is 32.0 Å². The van der Waals surface area contributed by atoms with E-state index < -0.39 is 0 Å². The number of ether oxygens (including phenoxy) is 1. The van der Waals surface area contributed by atoms with Crippen molar-refractivity contribution >= 4 is 23.3 Å². The Bertz CT molecular complexity index is 486. The van der Waals surface area contributed by atoms with Crippen molar-refractivity contribution in [2.24, 2.45) is 0 Å². The van der Waals surface area contributed by atoms with Crippen LogP contribution in [0, 0.1) is 0 Å². The summed E-state index contributed by atoms with van der Waals surface area (Å²) >= 11 is 1.38. The van der Waals surface area contributed by atoms with E-state index >= 15 is 0 Å². The van der Waals surface area contributed by atoms with Crippen LogP contribution in [0.1, 0.15) is 23.3 Å². The Morgan fingerprint density at radius 3 is 2.73 bits per heavy atom. The van der Waals surface area contributed by atoms with Crippen molar-refractivity contribution in [3.63, 3.8) is 0 Å². The average molecular weight is 326 g/mol. The number of rotatable bonds is 5. The van der Waals surface area contributed by atoms with E-state index in [0.717, 1.165) is 12.8 Å². The number of carbonyl (C=O) groups is 2. The fraction of sp³-hybridized carbons (Fsp3) is 0.643. The lowest BCUT2D eigenvalue weighted by molar-refractivity contribution is 0.0415. The fourth-order valence-corrected chi connectivity index (χ4v) is 2.93. The molecule has 0 saturated carbocycles. The van der Waals surface area contributed by atoms with E-state index in [1.165, 1.54) is 11.3 Å². The molecule has 1 aromatic rings. The summed E-state index contributed by atoms with van der Waals surface area (Å²) in [5.41, 5.74) is 2.04. The minimum Gasteiger partial charge on any atom is -0.381 e. The van der Waals surface area contributed by atoms with E-state index in [1.807, 2.05) is 4.90 Å². The first-order valence-corrected chi connectivity index (χ1v) is 8.26. The van der Waals surface area contributed by atoms with Gasteiger partial charge >= 0.3 is 6.03 Å². The van der Waals surface area contributed by atoms with Crippen molar-refractivity contribution in [3.8, 4) is 0 Å². The molecule has 0 unspecified atom stereocenters. The number of aromatic nitrogens is 1. The van der Waals surface area contributed by atoms with Crippen LogP contribution in [0.4, 0.5) is 4.79 Å². The third-order valence-corrected chi connectivity index (χ3v) is 4.15. The maximum Gasteiger partial charge on any atom is 0.319 e. The molecule has 22 heavy (non-hydrogen) atoms. The SMILES string of the molecule is CN(C)C(=O)N(CCNC(=O)c1cscn1)C1CCOCC1. The number of hydrogen-bond donors (Lipinski definition) is 1. The van der Waals surface area contributed by atoms with Crippen LogP contribution in [0.25, 0.3) is 0 Å². The number of hydrogen-bond acceptors (Lipinski definition) is 5. The van der Waals surface area contributed by atoms with Crippen LogP contribution >= 0.6 is 11.3 Å². The van der Waals surface area contributed by atoms with Gasteiger partial charge in [-0.3, -0.25) is 4.79 Å². The van der Waals surface area contributed by atoms with Crippen LogP contribution in [0.3, 0.4) is 0 Å². The molecule has 0 spiro atoms. The highest BCUT2D eigenvalue weighted by Crippen LogP contribution is 2.15. The molecule has 0 bridgehead atoms. The maximum atomic E-state index is 12.3. The Kier molecular flexibility index (Phi) is 6.14. The highest BCUT2D eigenvalue weighted by Gasteiger charge is 2.26.